The van der Waals surface area contributed by atoms with Crippen LogP contribution in [-0.4, -0.2) is 56.8 Å². The second-order valence-electron chi connectivity index (χ2n) is 6.12. The van der Waals surface area contributed by atoms with E-state index < -0.39 is 5.91 Å². The molecule has 0 radical (unpaired) electrons. The van der Waals surface area contributed by atoms with E-state index in [2.05, 4.69) is 35.8 Å². The number of phenolic OH excluding ortho intramolecular Hbond substituents is 1. The number of nitrogen functional groups attached to an aromatic ring is 1. The van der Waals surface area contributed by atoms with E-state index in [1.807, 2.05) is 11.4 Å². The van der Waals surface area contributed by atoms with Gasteiger partial charge in [-0.2, -0.15) is 9.78 Å². The van der Waals surface area contributed by atoms with Crippen molar-refractivity contribution in [2.24, 2.45) is 5.10 Å². The van der Waals surface area contributed by atoms with Crippen LogP contribution in [0.15, 0.2) is 39.4 Å². The molecule has 3 heterocycles. The molecule has 14 heteroatoms. The largest absolute Gasteiger partial charge is 0.502 e. The number of aromatic nitrogens is 5. The zero-order valence-electron chi connectivity index (χ0n) is 16.7. The number of benzene rings is 1. The van der Waals surface area contributed by atoms with E-state index in [0.717, 1.165) is 0 Å². The molecule has 1 aromatic carbocycles. The Morgan fingerprint density at radius 3 is 2.66 bits per heavy atom. The highest BCUT2D eigenvalue weighted by Crippen LogP contribution is 2.36. The number of amides is 1. The summed E-state index contributed by atoms with van der Waals surface area (Å²) in [6, 6.07) is 6.66. The fourth-order valence-electron chi connectivity index (χ4n) is 2.76. The number of phenols is 1. The van der Waals surface area contributed by atoms with Crippen LogP contribution in [0, 0.1) is 0 Å². The number of methoxy groups -OCH3 is 2. The second-order valence-corrected chi connectivity index (χ2v) is 7.07. The van der Waals surface area contributed by atoms with Gasteiger partial charge in [-0.1, -0.05) is 11.3 Å². The van der Waals surface area contributed by atoms with Crippen LogP contribution in [0.2, 0.25) is 0 Å². The van der Waals surface area contributed by atoms with Gasteiger partial charge in [-0.25, -0.2) is 10.1 Å². The van der Waals surface area contributed by atoms with Gasteiger partial charge in [0.25, 0.3) is 5.91 Å². The molecule has 0 aliphatic carbocycles. The molecule has 0 aliphatic heterocycles. The maximum atomic E-state index is 12.8. The molecule has 3 aromatic heterocycles. The first-order valence-corrected chi connectivity index (χ1v) is 9.77. The number of aromatic hydroxyl groups is 1. The summed E-state index contributed by atoms with van der Waals surface area (Å²) in [5, 5.41) is 31.0. The molecule has 0 atom stereocenters. The molecular formula is C18H16N8O5S. The highest BCUT2D eigenvalue weighted by atomic mass is 32.1. The highest BCUT2D eigenvalue weighted by molar-refractivity contribution is 7.13. The van der Waals surface area contributed by atoms with Gasteiger partial charge in [0, 0.05) is 5.56 Å². The Bertz CT molecular complexity index is 1260. The van der Waals surface area contributed by atoms with Crippen LogP contribution in [0.5, 0.6) is 17.2 Å². The average molecular weight is 456 g/mol. The third-order valence-electron chi connectivity index (χ3n) is 4.22. The summed E-state index contributed by atoms with van der Waals surface area (Å²) >= 11 is 1.37. The van der Waals surface area contributed by atoms with E-state index in [-0.39, 0.29) is 34.6 Å². The van der Waals surface area contributed by atoms with Crippen molar-refractivity contribution in [1.82, 2.24) is 30.7 Å². The SMILES string of the molecule is COc1cc(/C=N/NC(=O)c2nnn(-c3nonc3N)c2-c2cccs2)cc(OC)c1O. The zero-order valence-corrected chi connectivity index (χ0v) is 17.5. The van der Waals surface area contributed by atoms with Crippen LogP contribution >= 0.6 is 11.3 Å². The highest BCUT2D eigenvalue weighted by Gasteiger charge is 2.25. The van der Waals surface area contributed by atoms with Crippen molar-refractivity contribution < 1.29 is 24.0 Å². The first-order chi connectivity index (χ1) is 15.5. The third kappa shape index (κ3) is 3.81. The Morgan fingerprint density at radius 1 is 1.31 bits per heavy atom. The molecule has 4 aromatic rings. The van der Waals surface area contributed by atoms with Gasteiger partial charge >= 0.3 is 0 Å². The van der Waals surface area contributed by atoms with Crippen molar-refractivity contribution in [1.29, 1.82) is 0 Å². The minimum absolute atomic E-state index is 0.00656. The Labute approximate surface area is 184 Å². The molecule has 0 spiro atoms. The normalized spacial score (nSPS) is 11.1. The van der Waals surface area contributed by atoms with Gasteiger partial charge in [0.1, 0.15) is 5.69 Å². The smallest absolute Gasteiger partial charge is 0.294 e. The van der Waals surface area contributed by atoms with Crippen molar-refractivity contribution in [2.75, 3.05) is 20.0 Å². The lowest BCUT2D eigenvalue weighted by molar-refractivity contribution is 0.0951. The lowest BCUT2D eigenvalue weighted by atomic mass is 10.2. The second kappa shape index (κ2) is 8.73. The molecule has 13 nitrogen and oxygen atoms in total. The van der Waals surface area contributed by atoms with Crippen LogP contribution in [-0.2, 0) is 0 Å². The van der Waals surface area contributed by atoms with Crippen molar-refractivity contribution in [3.8, 4) is 33.6 Å². The Hall–Kier alpha value is -4.46. The van der Waals surface area contributed by atoms with E-state index in [1.54, 1.807) is 6.07 Å². The number of rotatable bonds is 7. The predicted octanol–water partition coefficient (Wildman–Crippen LogP) is 1.45. The molecule has 164 valence electrons. The van der Waals surface area contributed by atoms with Gasteiger partial charge < -0.3 is 20.3 Å². The monoisotopic (exact) mass is 456 g/mol. The van der Waals surface area contributed by atoms with Gasteiger partial charge in [0.05, 0.1) is 25.3 Å². The molecule has 0 saturated carbocycles. The number of nitrogens with zero attached hydrogens (tertiary/aromatic N) is 6. The molecule has 0 bridgehead atoms. The summed E-state index contributed by atoms with van der Waals surface area (Å²) in [7, 11) is 2.81. The standard InChI is InChI=1S/C18H16N8O5S/c1-29-10-6-9(7-11(30-2)15(10)27)8-20-22-18(28)13-14(12-4-3-5-32-12)26(25-21-13)17-16(19)23-31-24-17/h3-8,27H,1-2H3,(H2,19,23)(H,22,28)/b20-8+. The fraction of sp³-hybridized carbons (Fsp3) is 0.111. The van der Waals surface area contributed by atoms with E-state index in [9.17, 15) is 9.90 Å². The summed E-state index contributed by atoms with van der Waals surface area (Å²) in [5.41, 5.74) is 9.02. The number of ether oxygens (including phenoxy) is 2. The topological polar surface area (TPSA) is 176 Å². The molecule has 0 aliphatic rings. The molecule has 0 saturated heterocycles. The zero-order chi connectivity index (χ0) is 22.7. The van der Waals surface area contributed by atoms with Gasteiger partial charge in [-0.3, -0.25) is 4.79 Å². The van der Waals surface area contributed by atoms with Crippen LogP contribution in [0.1, 0.15) is 16.1 Å². The fourth-order valence-corrected chi connectivity index (χ4v) is 3.52. The van der Waals surface area contributed by atoms with Crippen molar-refractivity contribution in [3.63, 3.8) is 0 Å². The average Bonchev–Trinajstić information content (AvgIpc) is 3.54. The van der Waals surface area contributed by atoms with E-state index in [1.165, 1.54) is 48.6 Å². The summed E-state index contributed by atoms with van der Waals surface area (Å²) in [4.78, 5) is 13.5. The van der Waals surface area contributed by atoms with Gasteiger partial charge in [-0.15, -0.1) is 16.4 Å². The molecule has 4 rings (SSSR count). The number of nitrogens with two attached hydrogens (primary N) is 1. The third-order valence-corrected chi connectivity index (χ3v) is 5.09. The molecule has 4 N–H and O–H groups in total. The Balaban J connectivity index is 1.62. The minimum Gasteiger partial charge on any atom is -0.502 e. The number of anilines is 1. The van der Waals surface area contributed by atoms with E-state index in [4.69, 9.17) is 15.2 Å². The molecule has 32 heavy (non-hydrogen) atoms. The predicted molar refractivity (Wildman–Crippen MR) is 113 cm³/mol. The first-order valence-electron chi connectivity index (χ1n) is 8.89. The Kier molecular flexibility index (Phi) is 5.67. The maximum Gasteiger partial charge on any atom is 0.294 e. The summed E-state index contributed by atoms with van der Waals surface area (Å²) < 4.78 is 16.1. The van der Waals surface area contributed by atoms with Gasteiger partial charge in [-0.05, 0) is 33.9 Å². The number of carbonyl (C=O) groups excluding carboxylic acids is 1. The number of nitrogens with one attached hydrogen (secondary N) is 1. The van der Waals surface area contributed by atoms with Crippen molar-refractivity contribution in [3.05, 3.63) is 40.9 Å². The molecular weight excluding hydrogens is 440 g/mol. The summed E-state index contributed by atoms with van der Waals surface area (Å²) in [5.74, 6) is -0.281. The quantitative estimate of drug-likeness (QED) is 0.272. The van der Waals surface area contributed by atoms with Crippen LogP contribution in [0.25, 0.3) is 16.4 Å². The van der Waals surface area contributed by atoms with Crippen LogP contribution < -0.4 is 20.6 Å². The number of carbonyl (C=O) groups is 1. The van der Waals surface area contributed by atoms with Gasteiger partial charge in [0.15, 0.2) is 17.2 Å². The number of hydrazone groups is 1. The number of hydrogen-bond acceptors (Lipinski definition) is 12. The van der Waals surface area contributed by atoms with E-state index in [0.29, 0.717) is 16.1 Å². The van der Waals surface area contributed by atoms with Crippen molar-refractivity contribution >= 4 is 29.3 Å². The van der Waals surface area contributed by atoms with Crippen molar-refractivity contribution in [2.45, 2.75) is 0 Å². The maximum absolute atomic E-state index is 12.8. The number of thiophene rings is 1. The van der Waals surface area contributed by atoms with Crippen LogP contribution in [0.3, 0.4) is 0 Å². The Morgan fingerprint density at radius 2 is 2.06 bits per heavy atom. The molecule has 0 fully saturated rings. The minimum atomic E-state index is -0.622. The van der Waals surface area contributed by atoms with E-state index >= 15 is 0 Å². The van der Waals surface area contributed by atoms with Crippen LogP contribution in [0.4, 0.5) is 5.82 Å². The summed E-state index contributed by atoms with van der Waals surface area (Å²) in [6.07, 6.45) is 1.36. The molecule has 0 unspecified atom stereocenters. The lowest BCUT2D eigenvalue weighted by Gasteiger charge is -2.09. The molecule has 1 amide bonds. The lowest BCUT2D eigenvalue weighted by Crippen LogP contribution is -2.19. The first kappa shape index (κ1) is 20.8. The van der Waals surface area contributed by atoms with Gasteiger partial charge in [0.2, 0.25) is 17.4 Å². The number of hydrogen-bond donors (Lipinski definition) is 3. The summed E-state index contributed by atoms with van der Waals surface area (Å²) in [6.45, 7) is 0.